The fourth-order valence-corrected chi connectivity index (χ4v) is 3.28. The predicted octanol–water partition coefficient (Wildman–Crippen LogP) is 3.29. The number of pyridine rings is 1. The molecule has 4 heterocycles. The Morgan fingerprint density at radius 1 is 1.04 bits per heavy atom. The number of fused-ring (bicyclic) bond motifs is 2. The van der Waals surface area contributed by atoms with Gasteiger partial charge in [-0.05, 0) is 43.7 Å². The summed E-state index contributed by atoms with van der Waals surface area (Å²) in [7, 11) is 0. The lowest BCUT2D eigenvalue weighted by atomic mass is 10.1. The number of rotatable bonds is 3. The van der Waals surface area contributed by atoms with Gasteiger partial charge in [-0.1, -0.05) is 17.4 Å². The lowest BCUT2D eigenvalue weighted by molar-refractivity contribution is 0.530. The van der Waals surface area contributed by atoms with E-state index < -0.39 is 0 Å². The Bertz CT molecular complexity index is 1190. The lowest BCUT2D eigenvalue weighted by Gasteiger charge is -2.06. The van der Waals surface area contributed by atoms with Crippen molar-refractivity contribution in [1.82, 2.24) is 29.6 Å². The Morgan fingerprint density at radius 3 is 2.81 bits per heavy atom. The standard InChI is InChI=1S/C19H17N7/c1-12(2)26-18-7-3-13(9-17(18)22-24-26)15-5-6-16(21-15)14-4-8-19-23-20-11-25(19)10-14/h3-4,6-12H,5H2,1-2H3. The first-order valence-electron chi connectivity index (χ1n) is 8.62. The smallest absolute Gasteiger partial charge is 0.160 e. The first kappa shape index (κ1) is 14.9. The second kappa shape index (κ2) is 5.59. The van der Waals surface area contributed by atoms with Gasteiger partial charge in [-0.2, -0.15) is 0 Å². The Morgan fingerprint density at radius 2 is 1.92 bits per heavy atom. The third kappa shape index (κ3) is 2.32. The van der Waals surface area contributed by atoms with Crippen LogP contribution in [0.3, 0.4) is 0 Å². The summed E-state index contributed by atoms with van der Waals surface area (Å²) in [6, 6.07) is 10.5. The zero-order chi connectivity index (χ0) is 17.7. The van der Waals surface area contributed by atoms with Crippen molar-refractivity contribution < 1.29 is 0 Å². The van der Waals surface area contributed by atoms with Crippen molar-refractivity contribution in [3.63, 3.8) is 0 Å². The van der Waals surface area contributed by atoms with Crippen LogP contribution in [-0.2, 0) is 0 Å². The molecule has 0 saturated heterocycles. The highest BCUT2D eigenvalue weighted by atomic mass is 15.4. The molecule has 7 heteroatoms. The van der Waals surface area contributed by atoms with Gasteiger partial charge < -0.3 is 0 Å². The van der Waals surface area contributed by atoms with Crippen LogP contribution < -0.4 is 0 Å². The van der Waals surface area contributed by atoms with Crippen molar-refractivity contribution in [2.45, 2.75) is 26.3 Å². The normalized spacial score (nSPS) is 14.4. The Labute approximate surface area is 149 Å². The van der Waals surface area contributed by atoms with E-state index in [0.717, 1.165) is 45.6 Å². The summed E-state index contributed by atoms with van der Waals surface area (Å²) < 4.78 is 3.84. The van der Waals surface area contributed by atoms with Gasteiger partial charge in [0.25, 0.3) is 0 Å². The van der Waals surface area contributed by atoms with E-state index in [1.54, 1.807) is 6.33 Å². The number of allylic oxidation sites excluding steroid dienone is 1. The van der Waals surface area contributed by atoms with Crippen LogP contribution in [0.1, 0.15) is 37.4 Å². The van der Waals surface area contributed by atoms with Crippen LogP contribution >= 0.6 is 0 Å². The first-order chi connectivity index (χ1) is 12.7. The molecule has 0 N–H and O–H groups in total. The maximum absolute atomic E-state index is 4.84. The average Bonchev–Trinajstić information content (AvgIpc) is 3.38. The van der Waals surface area contributed by atoms with E-state index in [4.69, 9.17) is 4.99 Å². The molecule has 1 aliphatic heterocycles. The molecule has 0 atom stereocenters. The van der Waals surface area contributed by atoms with Gasteiger partial charge in [0.2, 0.25) is 0 Å². The van der Waals surface area contributed by atoms with E-state index in [-0.39, 0.29) is 6.04 Å². The topological polar surface area (TPSA) is 73.3 Å². The molecule has 0 bridgehead atoms. The van der Waals surface area contributed by atoms with Crippen molar-refractivity contribution >= 4 is 28.1 Å². The summed E-state index contributed by atoms with van der Waals surface area (Å²) in [6.45, 7) is 4.21. The number of aliphatic imine (C=N–C) groups is 1. The van der Waals surface area contributed by atoms with Crippen molar-refractivity contribution in [1.29, 1.82) is 0 Å². The summed E-state index contributed by atoms with van der Waals surface area (Å²) in [5.74, 6) is 0. The molecule has 1 aliphatic rings. The molecule has 0 unspecified atom stereocenters. The molecule has 0 fully saturated rings. The molecule has 5 rings (SSSR count). The Kier molecular flexibility index (Phi) is 3.21. The highest BCUT2D eigenvalue weighted by molar-refractivity contribution is 6.08. The van der Waals surface area contributed by atoms with Crippen LogP contribution in [0, 0.1) is 0 Å². The van der Waals surface area contributed by atoms with Gasteiger partial charge in [-0.25, -0.2) is 4.68 Å². The van der Waals surface area contributed by atoms with Crippen molar-refractivity contribution in [3.05, 3.63) is 60.1 Å². The zero-order valence-electron chi connectivity index (χ0n) is 14.5. The quantitative estimate of drug-likeness (QED) is 0.572. The number of nitrogens with zero attached hydrogens (tertiary/aromatic N) is 7. The van der Waals surface area contributed by atoms with E-state index in [9.17, 15) is 0 Å². The largest absolute Gasteiger partial charge is 0.288 e. The number of benzene rings is 1. The van der Waals surface area contributed by atoms with Gasteiger partial charge >= 0.3 is 0 Å². The summed E-state index contributed by atoms with van der Waals surface area (Å²) in [5, 5.41) is 16.5. The SMILES string of the molecule is CC(C)n1nnc2cc(C3=NC(c4ccc5nncn5c4)=CC3)ccc21. The molecule has 0 aliphatic carbocycles. The van der Waals surface area contributed by atoms with Crippen LogP contribution in [0.15, 0.2) is 53.9 Å². The van der Waals surface area contributed by atoms with E-state index >= 15 is 0 Å². The van der Waals surface area contributed by atoms with Gasteiger partial charge in [0.1, 0.15) is 11.8 Å². The molecular formula is C19H17N7. The number of hydrogen-bond donors (Lipinski definition) is 0. The second-order valence-electron chi connectivity index (χ2n) is 6.70. The van der Waals surface area contributed by atoms with Crippen LogP contribution in [0.5, 0.6) is 0 Å². The Hall–Kier alpha value is -3.35. The van der Waals surface area contributed by atoms with Crippen LogP contribution in [-0.4, -0.2) is 35.3 Å². The number of hydrogen-bond acceptors (Lipinski definition) is 5. The third-order valence-corrected chi connectivity index (χ3v) is 4.62. The molecule has 128 valence electrons. The summed E-state index contributed by atoms with van der Waals surface area (Å²) >= 11 is 0. The molecule has 1 aromatic carbocycles. The van der Waals surface area contributed by atoms with Gasteiger partial charge in [-0.3, -0.25) is 9.39 Å². The highest BCUT2D eigenvalue weighted by Crippen LogP contribution is 2.26. The molecule has 0 saturated carbocycles. The third-order valence-electron chi connectivity index (χ3n) is 4.62. The number of aromatic nitrogens is 6. The minimum absolute atomic E-state index is 0.288. The minimum Gasteiger partial charge on any atom is -0.288 e. The minimum atomic E-state index is 0.288. The summed E-state index contributed by atoms with van der Waals surface area (Å²) in [4.78, 5) is 4.84. The highest BCUT2D eigenvalue weighted by Gasteiger charge is 2.15. The molecular weight excluding hydrogens is 326 g/mol. The van der Waals surface area contributed by atoms with Crippen LogP contribution in [0.4, 0.5) is 0 Å². The maximum Gasteiger partial charge on any atom is 0.160 e. The van der Waals surface area contributed by atoms with Crippen molar-refractivity contribution in [3.8, 4) is 0 Å². The predicted molar refractivity (Wildman–Crippen MR) is 100 cm³/mol. The fraction of sp³-hybridized carbons (Fsp3) is 0.211. The van der Waals surface area contributed by atoms with E-state index in [1.165, 1.54) is 0 Å². The molecule has 0 spiro atoms. The van der Waals surface area contributed by atoms with E-state index in [0.29, 0.717) is 0 Å². The fourth-order valence-electron chi connectivity index (χ4n) is 3.28. The molecule has 7 nitrogen and oxygen atoms in total. The molecule has 0 radical (unpaired) electrons. The van der Waals surface area contributed by atoms with Gasteiger partial charge in [-0.15, -0.1) is 15.3 Å². The lowest BCUT2D eigenvalue weighted by Crippen LogP contribution is -2.02. The Balaban J connectivity index is 1.49. The van der Waals surface area contributed by atoms with Crippen LogP contribution in [0.25, 0.3) is 22.4 Å². The summed E-state index contributed by atoms with van der Waals surface area (Å²) in [5.41, 5.74) is 6.94. The molecule has 4 aromatic rings. The van der Waals surface area contributed by atoms with Crippen molar-refractivity contribution in [2.24, 2.45) is 4.99 Å². The van der Waals surface area contributed by atoms with Crippen LogP contribution in [0.2, 0.25) is 0 Å². The molecule has 26 heavy (non-hydrogen) atoms. The van der Waals surface area contributed by atoms with Gasteiger partial charge in [0.15, 0.2) is 5.65 Å². The average molecular weight is 343 g/mol. The van der Waals surface area contributed by atoms with Crippen molar-refractivity contribution in [2.75, 3.05) is 0 Å². The van der Waals surface area contributed by atoms with Gasteiger partial charge in [0, 0.05) is 24.2 Å². The van der Waals surface area contributed by atoms with E-state index in [1.807, 2.05) is 27.4 Å². The maximum atomic E-state index is 4.84. The zero-order valence-corrected chi connectivity index (χ0v) is 14.5. The first-order valence-corrected chi connectivity index (χ1v) is 8.62. The van der Waals surface area contributed by atoms with E-state index in [2.05, 4.69) is 58.6 Å². The second-order valence-corrected chi connectivity index (χ2v) is 6.70. The molecule has 0 amide bonds. The summed E-state index contributed by atoms with van der Waals surface area (Å²) in [6.07, 6.45) is 6.66. The molecule has 3 aromatic heterocycles. The van der Waals surface area contributed by atoms with Gasteiger partial charge in [0.05, 0.1) is 16.9 Å². The monoisotopic (exact) mass is 343 g/mol.